The molecule has 0 saturated carbocycles. The topological polar surface area (TPSA) is 95.9 Å². The Morgan fingerprint density at radius 3 is 2.17 bits per heavy atom. The maximum absolute atomic E-state index is 13.3. The van der Waals surface area contributed by atoms with Gasteiger partial charge in [-0.1, -0.05) is 30.3 Å². The molecule has 5 aromatic rings. The molecule has 8 nitrogen and oxygen atoms in total. The molecule has 0 atom stereocenters. The highest BCUT2D eigenvalue weighted by Gasteiger charge is 2.23. The van der Waals surface area contributed by atoms with Crippen molar-refractivity contribution >= 4 is 34.4 Å². The number of ether oxygens (including phenoxy) is 3. The van der Waals surface area contributed by atoms with Gasteiger partial charge in [-0.2, -0.15) is 0 Å². The largest absolute Gasteiger partial charge is 0.494 e. The second-order valence-corrected chi connectivity index (χ2v) is 9.38. The lowest BCUT2D eigenvalue weighted by molar-refractivity contribution is 0.0527. The molecule has 0 aliphatic rings. The molecule has 0 bridgehead atoms. The first-order valence-corrected chi connectivity index (χ1v) is 13.6. The van der Waals surface area contributed by atoms with Crippen LogP contribution < -0.4 is 14.8 Å². The first-order chi connectivity index (χ1) is 20.4. The number of para-hydroxylation sites is 2. The monoisotopic (exact) mass is 562 g/mol. The lowest BCUT2D eigenvalue weighted by Crippen LogP contribution is -2.17. The highest BCUT2D eigenvalue weighted by molar-refractivity contribution is 6.09. The van der Waals surface area contributed by atoms with Crippen LogP contribution in [-0.2, 0) is 4.74 Å². The lowest BCUT2D eigenvalue weighted by atomic mass is 10.1. The Hall–Kier alpha value is -5.37. The molecular weight excluding hydrogens is 532 g/mol. The summed E-state index contributed by atoms with van der Waals surface area (Å²) < 4.78 is 18.5. The molecule has 5 rings (SSSR count). The maximum Gasteiger partial charge on any atom is 0.345 e. The molecule has 0 spiro atoms. The van der Waals surface area contributed by atoms with Crippen LogP contribution in [0, 0.1) is 6.92 Å². The number of esters is 2. The molecule has 212 valence electrons. The normalized spacial score (nSPS) is 10.7. The predicted octanol–water partition coefficient (Wildman–Crippen LogP) is 6.99. The Balaban J connectivity index is 1.44. The van der Waals surface area contributed by atoms with Gasteiger partial charge >= 0.3 is 11.9 Å². The van der Waals surface area contributed by atoms with Gasteiger partial charge in [0.15, 0.2) is 0 Å². The SMILES string of the molecule is CCOC(=O)c1c(C)n(-c2ccccc2)c2ccc(OC(=O)c3ccccc3NC(=O)c3ccc(OCC)cc3)cc12. The Kier molecular flexibility index (Phi) is 8.34. The van der Waals surface area contributed by atoms with Gasteiger partial charge in [-0.05, 0) is 87.5 Å². The van der Waals surface area contributed by atoms with Crippen molar-refractivity contribution < 1.29 is 28.6 Å². The molecule has 0 radical (unpaired) electrons. The number of nitrogens with zero attached hydrogens (tertiary/aromatic N) is 1. The molecule has 4 aromatic carbocycles. The van der Waals surface area contributed by atoms with Crippen LogP contribution in [-0.4, -0.2) is 35.6 Å². The fraction of sp³-hybridized carbons (Fsp3) is 0.147. The van der Waals surface area contributed by atoms with Crippen molar-refractivity contribution in [3.63, 3.8) is 0 Å². The Morgan fingerprint density at radius 1 is 0.762 bits per heavy atom. The number of amides is 1. The van der Waals surface area contributed by atoms with E-state index in [-0.39, 0.29) is 23.8 Å². The van der Waals surface area contributed by atoms with Crippen molar-refractivity contribution in [2.75, 3.05) is 18.5 Å². The van der Waals surface area contributed by atoms with Crippen LogP contribution in [0.4, 0.5) is 5.69 Å². The van der Waals surface area contributed by atoms with Crippen molar-refractivity contribution in [2.24, 2.45) is 0 Å². The summed E-state index contributed by atoms with van der Waals surface area (Å²) in [5, 5.41) is 3.39. The van der Waals surface area contributed by atoms with Crippen LogP contribution in [0.25, 0.3) is 16.6 Å². The van der Waals surface area contributed by atoms with Gasteiger partial charge in [-0.15, -0.1) is 0 Å². The van der Waals surface area contributed by atoms with Gasteiger partial charge in [0, 0.05) is 22.3 Å². The smallest absolute Gasteiger partial charge is 0.345 e. The van der Waals surface area contributed by atoms with Crippen LogP contribution >= 0.6 is 0 Å². The van der Waals surface area contributed by atoms with E-state index in [2.05, 4.69) is 5.32 Å². The van der Waals surface area contributed by atoms with E-state index < -0.39 is 11.9 Å². The molecule has 0 unspecified atom stereocenters. The third kappa shape index (κ3) is 5.74. The highest BCUT2D eigenvalue weighted by atomic mass is 16.5. The van der Waals surface area contributed by atoms with Crippen LogP contribution in [0.15, 0.2) is 97.1 Å². The summed E-state index contributed by atoms with van der Waals surface area (Å²) in [5.74, 6) is -0.586. The zero-order valence-electron chi connectivity index (χ0n) is 23.5. The first-order valence-electron chi connectivity index (χ1n) is 13.6. The summed E-state index contributed by atoms with van der Waals surface area (Å²) in [6.07, 6.45) is 0. The Bertz CT molecular complexity index is 1760. The number of rotatable bonds is 9. The van der Waals surface area contributed by atoms with E-state index in [1.165, 1.54) is 0 Å². The summed E-state index contributed by atoms with van der Waals surface area (Å²) in [7, 11) is 0. The van der Waals surface area contributed by atoms with E-state index in [0.29, 0.717) is 40.3 Å². The second-order valence-electron chi connectivity index (χ2n) is 9.38. The van der Waals surface area contributed by atoms with E-state index in [4.69, 9.17) is 14.2 Å². The summed E-state index contributed by atoms with van der Waals surface area (Å²) in [5.41, 5.74) is 3.66. The number of hydrogen-bond donors (Lipinski definition) is 1. The van der Waals surface area contributed by atoms with Crippen molar-refractivity contribution in [1.29, 1.82) is 0 Å². The number of fused-ring (bicyclic) bond motifs is 1. The Labute approximate surface area is 243 Å². The summed E-state index contributed by atoms with van der Waals surface area (Å²) >= 11 is 0. The molecule has 0 aliphatic carbocycles. The van der Waals surface area contributed by atoms with Crippen LogP contribution in [0.5, 0.6) is 11.5 Å². The summed E-state index contributed by atoms with van der Waals surface area (Å²) in [4.78, 5) is 39.3. The van der Waals surface area contributed by atoms with Crippen LogP contribution in [0.2, 0.25) is 0 Å². The average molecular weight is 563 g/mol. The number of anilines is 1. The molecule has 1 N–H and O–H groups in total. The van der Waals surface area contributed by atoms with Gasteiger partial charge in [0.25, 0.3) is 5.91 Å². The van der Waals surface area contributed by atoms with Crippen LogP contribution in [0.1, 0.15) is 50.6 Å². The summed E-state index contributed by atoms with van der Waals surface area (Å²) in [6.45, 7) is 6.24. The molecule has 1 aromatic heterocycles. The lowest BCUT2D eigenvalue weighted by Gasteiger charge is -2.12. The minimum absolute atomic E-state index is 0.181. The van der Waals surface area contributed by atoms with Gasteiger partial charge in [0.05, 0.1) is 35.5 Å². The van der Waals surface area contributed by atoms with Crippen molar-refractivity contribution in [3.8, 4) is 17.2 Å². The second kappa shape index (κ2) is 12.4. The standard InChI is InChI=1S/C34H30N2O6/c1-4-40-25-17-15-23(16-18-25)32(37)35-29-14-10-9-13-27(29)33(38)42-26-19-20-30-28(21-26)31(34(39)41-5-2)22(3)36(30)24-11-7-6-8-12-24/h6-21H,4-5H2,1-3H3,(H,35,37). The fourth-order valence-corrected chi connectivity index (χ4v) is 4.83. The van der Waals surface area contributed by atoms with E-state index in [9.17, 15) is 14.4 Å². The fourth-order valence-electron chi connectivity index (χ4n) is 4.83. The van der Waals surface area contributed by atoms with Crippen LogP contribution in [0.3, 0.4) is 0 Å². The number of nitrogens with one attached hydrogen (secondary N) is 1. The third-order valence-electron chi connectivity index (χ3n) is 6.70. The zero-order valence-corrected chi connectivity index (χ0v) is 23.5. The maximum atomic E-state index is 13.3. The molecule has 1 amide bonds. The molecule has 0 fully saturated rings. The number of carbonyl (C=O) groups is 3. The van der Waals surface area contributed by atoms with Gasteiger partial charge in [0.1, 0.15) is 11.5 Å². The van der Waals surface area contributed by atoms with E-state index in [0.717, 1.165) is 11.2 Å². The van der Waals surface area contributed by atoms with Crippen molar-refractivity contribution in [1.82, 2.24) is 4.57 Å². The number of benzene rings is 4. The van der Waals surface area contributed by atoms with Gasteiger partial charge in [-0.25, -0.2) is 9.59 Å². The van der Waals surface area contributed by atoms with E-state index in [1.807, 2.05) is 48.7 Å². The number of carbonyl (C=O) groups excluding carboxylic acids is 3. The average Bonchev–Trinajstić information content (AvgIpc) is 3.29. The molecule has 1 heterocycles. The first kappa shape index (κ1) is 28.2. The molecule has 0 aliphatic heterocycles. The molecule has 0 saturated heterocycles. The predicted molar refractivity (Wildman–Crippen MR) is 161 cm³/mol. The van der Waals surface area contributed by atoms with E-state index in [1.54, 1.807) is 73.7 Å². The molecule has 8 heteroatoms. The Morgan fingerprint density at radius 2 is 1.45 bits per heavy atom. The van der Waals surface area contributed by atoms with Gasteiger partial charge in [-0.3, -0.25) is 4.79 Å². The zero-order chi connectivity index (χ0) is 29.6. The molecular formula is C34H30N2O6. The number of aromatic nitrogens is 1. The minimum atomic E-state index is -0.658. The van der Waals surface area contributed by atoms with Gasteiger partial charge in [0.2, 0.25) is 0 Å². The van der Waals surface area contributed by atoms with E-state index >= 15 is 0 Å². The molecule has 42 heavy (non-hydrogen) atoms. The van der Waals surface area contributed by atoms with Gasteiger partial charge < -0.3 is 24.1 Å². The number of hydrogen-bond acceptors (Lipinski definition) is 6. The quantitative estimate of drug-likeness (QED) is 0.154. The third-order valence-corrected chi connectivity index (χ3v) is 6.70. The minimum Gasteiger partial charge on any atom is -0.494 e. The van der Waals surface area contributed by atoms with Crippen molar-refractivity contribution in [3.05, 3.63) is 119 Å². The highest BCUT2D eigenvalue weighted by Crippen LogP contribution is 2.33. The summed E-state index contributed by atoms with van der Waals surface area (Å²) in [6, 6.07) is 28.2. The van der Waals surface area contributed by atoms with Crippen molar-refractivity contribution in [2.45, 2.75) is 20.8 Å².